The zero-order valence-corrected chi connectivity index (χ0v) is 42.3. The minimum Gasteiger partial charge on any atom is -0.479 e. The molecule has 1 fully saturated rings. The maximum absolute atomic E-state index is 13.1. The number of benzene rings is 1. The van der Waals surface area contributed by atoms with Crippen LogP contribution in [-0.4, -0.2) is 113 Å². The number of imide groups is 1. The molecule has 19 heteroatoms. The number of nitrogens with one attached hydrogen (secondary N) is 6. The molecule has 382 valence electrons. The van der Waals surface area contributed by atoms with E-state index in [0.29, 0.717) is 36.7 Å². The van der Waals surface area contributed by atoms with Gasteiger partial charge in [-0.2, -0.15) is 17.6 Å². The molecule has 5 rings (SSSR count). The van der Waals surface area contributed by atoms with Crippen LogP contribution >= 0.6 is 12.6 Å². The maximum atomic E-state index is 13.1. The smallest absolute Gasteiger partial charge is 0.377 e. The van der Waals surface area contributed by atoms with Gasteiger partial charge in [-0.1, -0.05) is 87.2 Å². The highest BCUT2D eigenvalue weighted by Gasteiger charge is 2.30. The Kier molecular flexibility index (Phi) is 27.0. The van der Waals surface area contributed by atoms with Crippen LogP contribution in [0.1, 0.15) is 139 Å². The normalized spacial score (nSPS) is 18.6. The van der Waals surface area contributed by atoms with Crippen molar-refractivity contribution in [3.05, 3.63) is 88.7 Å². The molecule has 1 saturated heterocycles. The molecule has 0 radical (unpaired) electrons. The third kappa shape index (κ3) is 20.0. The van der Waals surface area contributed by atoms with Gasteiger partial charge in [0.05, 0.1) is 5.92 Å². The number of halogens is 1. The molecule has 17 nitrogen and oxygen atoms in total. The summed E-state index contributed by atoms with van der Waals surface area (Å²) in [5.41, 5.74) is 5.34. The summed E-state index contributed by atoms with van der Waals surface area (Å²) >= 11 is 4.38. The van der Waals surface area contributed by atoms with Gasteiger partial charge in [0, 0.05) is 72.5 Å². The van der Waals surface area contributed by atoms with Gasteiger partial charge in [0.2, 0.25) is 18.7 Å². The second-order valence-corrected chi connectivity index (χ2v) is 17.2. The standard InChI is InChI=1S/C27H38FN5O3S.C19H25N3O6.2C2H6/c1-19(6-9-26(36)33(28)18-35)27(29)24-8-7-22(15-25(24)30-2)21(10-12-31-17-34)11-13-32-23-5-3-4-20(14-23)16-37;1-19(2)9-13(6-7-20-19)21-12-5-3-4-11(8-12)16-22-17(27-10-14(23)24)15(28-16)18(25)26;2*1-2/h3-5,7-8,15,17-19,21,23,29-30,32,37H,6,9-14,16H2,1-2H3,(H,31,34);3-5,11,13,20-21H,6-10H2,1-2H3,(H,23,24)(H,25,26);2*1-2H3. The predicted octanol–water partition coefficient (Wildman–Crippen LogP) is 7.70. The van der Waals surface area contributed by atoms with Crippen LogP contribution in [0.5, 0.6) is 5.88 Å². The summed E-state index contributed by atoms with van der Waals surface area (Å²) in [6, 6.07) is 6.57. The number of carboxylic acid groups (broad SMARTS) is 2. The lowest BCUT2D eigenvalue weighted by atomic mass is 9.88. The molecule has 1 aromatic heterocycles. The van der Waals surface area contributed by atoms with E-state index >= 15 is 0 Å². The van der Waals surface area contributed by atoms with E-state index in [4.69, 9.17) is 19.7 Å². The monoisotopic (exact) mass is 983 g/mol. The molecule has 2 heterocycles. The van der Waals surface area contributed by atoms with E-state index in [9.17, 15) is 33.6 Å². The molecular weight excluding hydrogens is 908 g/mol. The summed E-state index contributed by atoms with van der Waals surface area (Å²) < 4.78 is 23.4. The predicted molar refractivity (Wildman–Crippen MR) is 271 cm³/mol. The van der Waals surface area contributed by atoms with Crippen molar-refractivity contribution >= 4 is 54.7 Å². The first kappa shape index (κ1) is 59.3. The Bertz CT molecular complexity index is 2110. The Morgan fingerprint density at radius 3 is 2.42 bits per heavy atom. The van der Waals surface area contributed by atoms with Crippen molar-refractivity contribution in [1.29, 1.82) is 5.41 Å². The Morgan fingerprint density at radius 1 is 1.07 bits per heavy atom. The second-order valence-electron chi connectivity index (χ2n) is 16.9. The molecule has 3 amide bonds. The number of carbonyl (C=O) groups excluding carboxylic acids is 3. The van der Waals surface area contributed by atoms with Crippen LogP contribution in [0, 0.1) is 11.3 Å². The topological polar surface area (TPSA) is 248 Å². The number of anilines is 1. The number of allylic oxidation sites excluding steroid dienone is 6. The first-order valence-electron chi connectivity index (χ1n) is 23.8. The average Bonchev–Trinajstić information content (AvgIpc) is 3.80. The number of hydrogen-bond donors (Lipinski definition) is 9. The zero-order chi connectivity index (χ0) is 51.5. The van der Waals surface area contributed by atoms with Crippen molar-refractivity contribution in [1.82, 2.24) is 31.4 Å². The number of thiol groups is 1. The summed E-state index contributed by atoms with van der Waals surface area (Å²) in [6.07, 6.45) is 17.9. The minimum absolute atomic E-state index is 0.0791. The van der Waals surface area contributed by atoms with Crippen LogP contribution in [-0.2, 0) is 19.2 Å². The number of oxazole rings is 1. The highest BCUT2D eigenvalue weighted by molar-refractivity contribution is 7.80. The van der Waals surface area contributed by atoms with Gasteiger partial charge in [-0.05, 0) is 95.0 Å². The van der Waals surface area contributed by atoms with E-state index in [1.54, 1.807) is 14.0 Å². The van der Waals surface area contributed by atoms with Crippen LogP contribution in [0.4, 0.5) is 10.2 Å². The van der Waals surface area contributed by atoms with E-state index in [-0.39, 0.29) is 60.4 Å². The van der Waals surface area contributed by atoms with Gasteiger partial charge < -0.3 is 51.4 Å². The fourth-order valence-electron chi connectivity index (χ4n) is 7.97. The number of amides is 3. The molecule has 2 aliphatic carbocycles. The van der Waals surface area contributed by atoms with E-state index < -0.39 is 35.3 Å². The molecule has 1 aromatic carbocycles. The molecule has 5 atom stereocenters. The third-order valence-electron chi connectivity index (χ3n) is 11.4. The summed E-state index contributed by atoms with van der Waals surface area (Å²) in [6.45, 7) is 15.8. The van der Waals surface area contributed by atoms with Gasteiger partial charge in [-0.25, -0.2) is 9.59 Å². The number of carbonyl (C=O) groups is 5. The number of ether oxygens (including phenoxy) is 1. The van der Waals surface area contributed by atoms with Crippen molar-refractivity contribution in [3.63, 3.8) is 0 Å². The molecule has 2 aromatic rings. The number of aromatic carboxylic acids is 1. The molecule has 3 aliphatic rings. The van der Waals surface area contributed by atoms with Crippen molar-refractivity contribution in [3.8, 4) is 5.88 Å². The molecule has 1 aliphatic heterocycles. The molecule has 8 N–H and O–H groups in total. The highest BCUT2D eigenvalue weighted by atomic mass is 32.1. The molecule has 0 bridgehead atoms. The fourth-order valence-corrected chi connectivity index (χ4v) is 8.21. The van der Waals surface area contributed by atoms with Crippen LogP contribution in [0.3, 0.4) is 0 Å². The summed E-state index contributed by atoms with van der Waals surface area (Å²) in [7, 11) is 1.79. The van der Waals surface area contributed by atoms with Crippen molar-refractivity contribution < 1.29 is 47.8 Å². The number of carboxylic acids is 2. The zero-order valence-electron chi connectivity index (χ0n) is 41.4. The van der Waals surface area contributed by atoms with Crippen LogP contribution in [0.25, 0.3) is 0 Å². The summed E-state index contributed by atoms with van der Waals surface area (Å²) in [5.74, 6) is -3.75. The molecule has 0 spiro atoms. The van der Waals surface area contributed by atoms with E-state index in [1.165, 1.54) is 5.57 Å². The van der Waals surface area contributed by atoms with E-state index in [1.807, 2.05) is 64.1 Å². The van der Waals surface area contributed by atoms with Crippen molar-refractivity contribution in [2.45, 2.75) is 129 Å². The van der Waals surface area contributed by atoms with Gasteiger partial charge in [0.25, 0.3) is 17.5 Å². The van der Waals surface area contributed by atoms with Crippen molar-refractivity contribution in [2.75, 3.05) is 44.4 Å². The fraction of sp³-hybridized carbons (Fsp3) is 0.540. The highest BCUT2D eigenvalue weighted by Crippen LogP contribution is 2.33. The minimum atomic E-state index is -1.36. The second kappa shape index (κ2) is 31.4. The molecule has 5 unspecified atom stereocenters. The van der Waals surface area contributed by atoms with E-state index in [2.05, 4.69) is 76.3 Å². The Labute approximate surface area is 412 Å². The summed E-state index contributed by atoms with van der Waals surface area (Å²) in [4.78, 5) is 58.9. The number of aromatic nitrogens is 1. The SMILES string of the molecule is CC.CC.CC1(C)CC(NC2=CC=CC(c3nc(OCC(=O)O)c(C(=O)O)o3)C2)CCN1.CNc1cc(C(CCNC=O)CCNC2C=CC=C(CS)C2)ccc1C(=N)C(C)CCC(=O)N(F)C=O. The summed E-state index contributed by atoms with van der Waals surface area (Å²) in [5, 5.41) is 42.8. The van der Waals surface area contributed by atoms with Gasteiger partial charge >= 0.3 is 11.9 Å². The lowest BCUT2D eigenvalue weighted by Crippen LogP contribution is -2.51. The van der Waals surface area contributed by atoms with Gasteiger partial charge in [0.1, 0.15) is 0 Å². The van der Waals surface area contributed by atoms with Crippen molar-refractivity contribution in [2.24, 2.45) is 5.92 Å². The largest absolute Gasteiger partial charge is 0.479 e. The number of piperidine rings is 1. The van der Waals surface area contributed by atoms with Gasteiger partial charge in [-0.15, -0.1) is 5.12 Å². The van der Waals surface area contributed by atoms with Gasteiger partial charge in [0.15, 0.2) is 6.61 Å². The Balaban J connectivity index is 0.000000455. The third-order valence-corrected chi connectivity index (χ3v) is 11.9. The lowest BCUT2D eigenvalue weighted by molar-refractivity contribution is -0.154. The number of rotatable bonds is 24. The van der Waals surface area contributed by atoms with Crippen LogP contribution < -0.4 is 31.3 Å². The molecule has 69 heavy (non-hydrogen) atoms. The first-order valence-corrected chi connectivity index (χ1v) is 24.4. The van der Waals surface area contributed by atoms with Crippen LogP contribution in [0.2, 0.25) is 0 Å². The maximum Gasteiger partial charge on any atom is 0.377 e. The average molecular weight is 983 g/mol. The Morgan fingerprint density at radius 2 is 1.78 bits per heavy atom. The Hall–Kier alpha value is -5.79. The van der Waals surface area contributed by atoms with Gasteiger partial charge in [-0.3, -0.25) is 14.4 Å². The number of aliphatic carboxylic acids is 1. The lowest BCUT2D eigenvalue weighted by Gasteiger charge is -2.38. The number of nitrogens with zero attached hydrogens (tertiary/aromatic N) is 2. The number of hydrogen-bond acceptors (Lipinski definition) is 14. The van der Waals surface area contributed by atoms with Crippen LogP contribution in [0.15, 0.2) is 70.3 Å². The molecular formula is C50H75FN8O9S. The quantitative estimate of drug-likeness (QED) is 0.0161. The van der Waals surface area contributed by atoms with E-state index in [0.717, 1.165) is 67.9 Å². The first-order chi connectivity index (χ1) is 33.1. The molecule has 0 saturated carbocycles.